The topological polar surface area (TPSA) is 83.6 Å². The summed E-state index contributed by atoms with van der Waals surface area (Å²) in [5.74, 6) is -0.673. The van der Waals surface area contributed by atoms with Crippen molar-refractivity contribution >= 4 is 11.9 Å². The van der Waals surface area contributed by atoms with E-state index >= 15 is 0 Å². The molecule has 0 aromatic heterocycles. The van der Waals surface area contributed by atoms with Gasteiger partial charge in [-0.25, -0.2) is 0 Å². The van der Waals surface area contributed by atoms with Gasteiger partial charge in [-0.3, -0.25) is 9.59 Å². The molecule has 1 heterocycles. The minimum atomic E-state index is -0.784. The summed E-state index contributed by atoms with van der Waals surface area (Å²) in [6.07, 6.45) is 3.48. The van der Waals surface area contributed by atoms with Gasteiger partial charge in [0.25, 0.3) is 0 Å². The Balaban J connectivity index is 1.91. The summed E-state index contributed by atoms with van der Waals surface area (Å²) in [5.41, 5.74) is 5.24. The first-order chi connectivity index (χ1) is 7.51. The van der Waals surface area contributed by atoms with Crippen LogP contribution in [0, 0.1) is 5.92 Å². The highest BCUT2D eigenvalue weighted by molar-refractivity contribution is 5.89. The van der Waals surface area contributed by atoms with Crippen molar-refractivity contribution in [1.82, 2.24) is 4.90 Å². The van der Waals surface area contributed by atoms with E-state index in [1.165, 1.54) is 0 Å². The van der Waals surface area contributed by atoms with Crippen LogP contribution in [0.4, 0.5) is 0 Å². The van der Waals surface area contributed by atoms with Gasteiger partial charge in [-0.05, 0) is 31.6 Å². The Morgan fingerprint density at radius 2 is 2.12 bits per heavy atom. The SMILES string of the molecule is NC1(C(=O)N2CCCC(CC(=O)O)C2)CC1. The summed E-state index contributed by atoms with van der Waals surface area (Å²) >= 11 is 0. The van der Waals surface area contributed by atoms with E-state index in [1.807, 2.05) is 0 Å². The van der Waals surface area contributed by atoms with E-state index in [2.05, 4.69) is 0 Å². The van der Waals surface area contributed by atoms with Crippen LogP contribution in [0.1, 0.15) is 32.1 Å². The van der Waals surface area contributed by atoms with E-state index in [4.69, 9.17) is 10.8 Å². The molecular weight excluding hydrogens is 208 g/mol. The van der Waals surface area contributed by atoms with Crippen LogP contribution in [0.3, 0.4) is 0 Å². The fraction of sp³-hybridized carbons (Fsp3) is 0.818. The lowest BCUT2D eigenvalue weighted by atomic mass is 9.94. The van der Waals surface area contributed by atoms with E-state index in [0.717, 1.165) is 32.2 Å². The first-order valence-electron chi connectivity index (χ1n) is 5.81. The Morgan fingerprint density at radius 1 is 1.44 bits per heavy atom. The number of carbonyl (C=O) groups is 2. The number of carbonyl (C=O) groups excluding carboxylic acids is 1. The third kappa shape index (κ3) is 2.35. The molecule has 0 spiro atoms. The van der Waals surface area contributed by atoms with Crippen molar-refractivity contribution in [1.29, 1.82) is 0 Å². The summed E-state index contributed by atoms with van der Waals surface area (Å²) in [6.45, 7) is 1.29. The molecule has 5 nitrogen and oxygen atoms in total. The summed E-state index contributed by atoms with van der Waals surface area (Å²) in [6, 6.07) is 0. The number of piperidine rings is 1. The normalized spacial score (nSPS) is 27.6. The molecule has 2 rings (SSSR count). The van der Waals surface area contributed by atoms with Crippen molar-refractivity contribution in [3.63, 3.8) is 0 Å². The number of hydrogen-bond donors (Lipinski definition) is 2. The van der Waals surface area contributed by atoms with Crippen LogP contribution in [0.25, 0.3) is 0 Å². The molecule has 3 N–H and O–H groups in total. The van der Waals surface area contributed by atoms with Crippen LogP contribution in [0.5, 0.6) is 0 Å². The first kappa shape index (κ1) is 11.4. The number of hydrogen-bond acceptors (Lipinski definition) is 3. The summed E-state index contributed by atoms with van der Waals surface area (Å²) in [7, 11) is 0. The molecule has 5 heteroatoms. The largest absolute Gasteiger partial charge is 0.481 e. The molecule has 0 aromatic carbocycles. The Kier molecular flexibility index (Phi) is 2.88. The van der Waals surface area contributed by atoms with Gasteiger partial charge in [0.1, 0.15) is 0 Å². The standard InChI is InChI=1S/C11H18N2O3/c12-11(3-4-11)10(16)13-5-1-2-8(7-13)6-9(14)15/h8H,1-7,12H2,(H,14,15). The summed E-state index contributed by atoms with van der Waals surface area (Å²) in [5, 5.41) is 8.73. The van der Waals surface area contributed by atoms with Crippen LogP contribution in [-0.2, 0) is 9.59 Å². The Morgan fingerprint density at radius 3 is 2.69 bits per heavy atom. The maximum absolute atomic E-state index is 12.0. The van der Waals surface area contributed by atoms with E-state index in [9.17, 15) is 9.59 Å². The Hall–Kier alpha value is -1.10. The fourth-order valence-corrected chi connectivity index (χ4v) is 2.33. The van der Waals surface area contributed by atoms with Gasteiger partial charge in [-0.1, -0.05) is 0 Å². The number of carboxylic acid groups (broad SMARTS) is 1. The van der Waals surface area contributed by atoms with Crippen molar-refractivity contribution < 1.29 is 14.7 Å². The molecule has 1 aliphatic heterocycles. The van der Waals surface area contributed by atoms with Crippen molar-refractivity contribution in [2.75, 3.05) is 13.1 Å². The van der Waals surface area contributed by atoms with E-state index in [-0.39, 0.29) is 18.2 Å². The number of carboxylic acids is 1. The van der Waals surface area contributed by atoms with Crippen LogP contribution in [0.2, 0.25) is 0 Å². The van der Waals surface area contributed by atoms with Gasteiger partial charge >= 0.3 is 5.97 Å². The number of nitrogens with zero attached hydrogens (tertiary/aromatic N) is 1. The highest BCUT2D eigenvalue weighted by Crippen LogP contribution is 2.35. The smallest absolute Gasteiger partial charge is 0.303 e. The molecule has 1 aliphatic carbocycles. The maximum Gasteiger partial charge on any atom is 0.303 e. The third-order valence-electron chi connectivity index (χ3n) is 3.48. The van der Waals surface area contributed by atoms with Gasteiger partial charge < -0.3 is 15.7 Å². The Labute approximate surface area is 94.6 Å². The average molecular weight is 226 g/mol. The number of rotatable bonds is 3. The number of amides is 1. The zero-order valence-corrected chi connectivity index (χ0v) is 9.32. The average Bonchev–Trinajstić information content (AvgIpc) is 2.96. The second-order valence-corrected chi connectivity index (χ2v) is 5.01. The number of nitrogens with two attached hydrogens (primary N) is 1. The minimum Gasteiger partial charge on any atom is -0.481 e. The highest BCUT2D eigenvalue weighted by atomic mass is 16.4. The molecule has 16 heavy (non-hydrogen) atoms. The first-order valence-corrected chi connectivity index (χ1v) is 5.81. The molecule has 0 bridgehead atoms. The predicted molar refractivity (Wildman–Crippen MR) is 57.7 cm³/mol. The van der Waals surface area contributed by atoms with Crippen molar-refractivity contribution in [3.8, 4) is 0 Å². The number of likely N-dealkylation sites (tertiary alicyclic amines) is 1. The van der Waals surface area contributed by atoms with Crippen LogP contribution in [0.15, 0.2) is 0 Å². The molecule has 2 fully saturated rings. The minimum absolute atomic E-state index is 0.0163. The third-order valence-corrected chi connectivity index (χ3v) is 3.48. The van der Waals surface area contributed by atoms with Gasteiger partial charge in [0.15, 0.2) is 0 Å². The van der Waals surface area contributed by atoms with Crippen molar-refractivity contribution in [2.45, 2.75) is 37.6 Å². The zero-order valence-electron chi connectivity index (χ0n) is 9.32. The van der Waals surface area contributed by atoms with E-state index < -0.39 is 11.5 Å². The molecule has 1 saturated heterocycles. The van der Waals surface area contributed by atoms with Gasteiger partial charge in [0, 0.05) is 19.5 Å². The molecule has 2 aliphatic rings. The van der Waals surface area contributed by atoms with Gasteiger partial charge in [-0.2, -0.15) is 0 Å². The van der Waals surface area contributed by atoms with Gasteiger partial charge in [0.2, 0.25) is 5.91 Å². The lowest BCUT2D eigenvalue weighted by Crippen LogP contribution is -2.49. The lowest BCUT2D eigenvalue weighted by molar-refractivity contribution is -0.141. The maximum atomic E-state index is 12.0. The second-order valence-electron chi connectivity index (χ2n) is 5.01. The van der Waals surface area contributed by atoms with Crippen LogP contribution >= 0.6 is 0 Å². The molecule has 1 saturated carbocycles. The van der Waals surface area contributed by atoms with E-state index in [1.54, 1.807) is 4.90 Å². The fourth-order valence-electron chi connectivity index (χ4n) is 2.33. The number of aliphatic carboxylic acids is 1. The van der Waals surface area contributed by atoms with Crippen LogP contribution < -0.4 is 5.73 Å². The molecule has 1 amide bonds. The second kappa shape index (κ2) is 4.05. The molecular formula is C11H18N2O3. The molecule has 0 radical (unpaired) electrons. The zero-order chi connectivity index (χ0) is 11.8. The monoisotopic (exact) mass is 226 g/mol. The van der Waals surface area contributed by atoms with Gasteiger partial charge in [-0.15, -0.1) is 0 Å². The highest BCUT2D eigenvalue weighted by Gasteiger charge is 2.48. The van der Waals surface area contributed by atoms with Crippen molar-refractivity contribution in [3.05, 3.63) is 0 Å². The van der Waals surface area contributed by atoms with Crippen LogP contribution in [-0.4, -0.2) is 40.5 Å². The molecule has 1 atom stereocenters. The lowest BCUT2D eigenvalue weighted by Gasteiger charge is -2.33. The summed E-state index contributed by atoms with van der Waals surface area (Å²) in [4.78, 5) is 24.3. The molecule has 1 unspecified atom stereocenters. The van der Waals surface area contributed by atoms with Crippen molar-refractivity contribution in [2.24, 2.45) is 11.7 Å². The predicted octanol–water partition coefficient (Wildman–Crippen LogP) is 0.191. The Bertz CT molecular complexity index is 312. The van der Waals surface area contributed by atoms with Gasteiger partial charge in [0.05, 0.1) is 5.54 Å². The molecule has 0 aromatic rings. The molecule has 90 valence electrons. The summed E-state index contributed by atoms with van der Waals surface area (Å²) < 4.78 is 0. The quantitative estimate of drug-likeness (QED) is 0.719. The van der Waals surface area contributed by atoms with E-state index in [0.29, 0.717) is 6.54 Å².